The Bertz CT molecular complexity index is 876. The summed E-state index contributed by atoms with van der Waals surface area (Å²) in [6.45, 7) is 2.70. The molecule has 0 aliphatic carbocycles. The van der Waals surface area contributed by atoms with Gasteiger partial charge in [-0.1, -0.05) is 31.2 Å². The number of carbonyl (C=O) groups is 1. The van der Waals surface area contributed by atoms with Crippen LogP contribution >= 0.6 is 0 Å². The van der Waals surface area contributed by atoms with Crippen molar-refractivity contribution in [3.63, 3.8) is 0 Å². The van der Waals surface area contributed by atoms with Crippen molar-refractivity contribution in [1.82, 2.24) is 10.2 Å². The summed E-state index contributed by atoms with van der Waals surface area (Å²) < 4.78 is 5.14. The van der Waals surface area contributed by atoms with Crippen LogP contribution in [0.3, 0.4) is 0 Å². The van der Waals surface area contributed by atoms with Crippen molar-refractivity contribution in [3.05, 3.63) is 77.5 Å². The fraction of sp³-hybridized carbons (Fsp3) is 0.190. The Hall–Kier alpha value is -3.41. The fourth-order valence-corrected chi connectivity index (χ4v) is 2.50. The van der Waals surface area contributed by atoms with Gasteiger partial charge in [0.05, 0.1) is 7.11 Å². The number of aromatic nitrogens is 2. The lowest BCUT2D eigenvalue weighted by atomic mass is 10.1. The standard InChI is InChI=1S/C21H22N4O2/c1-3-15-4-8-17(9-5-15)23-21(26)19-12-13-20(25-24-19)22-14-16-6-10-18(27-2)11-7-16/h4-13H,3,14H2,1-2H3,(H,22,25)(H,23,26). The van der Waals surface area contributed by atoms with Gasteiger partial charge in [-0.2, -0.15) is 0 Å². The highest BCUT2D eigenvalue weighted by molar-refractivity contribution is 6.02. The molecule has 6 heteroatoms. The maximum absolute atomic E-state index is 12.3. The normalized spacial score (nSPS) is 10.3. The zero-order chi connectivity index (χ0) is 19.1. The van der Waals surface area contributed by atoms with Gasteiger partial charge in [-0.05, 0) is 53.9 Å². The number of carbonyl (C=O) groups excluding carboxylic acids is 1. The lowest BCUT2D eigenvalue weighted by molar-refractivity contribution is 0.102. The van der Waals surface area contributed by atoms with Crippen LogP contribution in [0.1, 0.15) is 28.5 Å². The van der Waals surface area contributed by atoms with Gasteiger partial charge in [-0.3, -0.25) is 4.79 Å². The molecule has 0 fully saturated rings. The highest BCUT2D eigenvalue weighted by Gasteiger charge is 2.09. The Morgan fingerprint density at radius 3 is 2.22 bits per heavy atom. The van der Waals surface area contributed by atoms with Crippen LogP contribution in [0.4, 0.5) is 11.5 Å². The van der Waals surface area contributed by atoms with E-state index in [9.17, 15) is 4.79 Å². The second-order valence-electron chi connectivity index (χ2n) is 6.01. The van der Waals surface area contributed by atoms with Crippen LogP contribution in [0, 0.1) is 0 Å². The molecule has 0 bridgehead atoms. The van der Waals surface area contributed by atoms with Crippen LogP contribution in [-0.2, 0) is 13.0 Å². The summed E-state index contributed by atoms with van der Waals surface area (Å²) in [7, 11) is 1.64. The summed E-state index contributed by atoms with van der Waals surface area (Å²) in [6.07, 6.45) is 0.963. The Labute approximate surface area is 158 Å². The van der Waals surface area contributed by atoms with Crippen molar-refractivity contribution in [1.29, 1.82) is 0 Å². The molecular weight excluding hydrogens is 340 g/mol. The van der Waals surface area contributed by atoms with Gasteiger partial charge in [0.15, 0.2) is 5.69 Å². The van der Waals surface area contributed by atoms with Gasteiger partial charge in [0.2, 0.25) is 0 Å². The Morgan fingerprint density at radius 1 is 0.926 bits per heavy atom. The highest BCUT2D eigenvalue weighted by atomic mass is 16.5. The average Bonchev–Trinajstić information content (AvgIpc) is 2.73. The van der Waals surface area contributed by atoms with E-state index in [0.717, 1.165) is 23.4 Å². The van der Waals surface area contributed by atoms with E-state index in [0.29, 0.717) is 12.4 Å². The number of hydrogen-bond acceptors (Lipinski definition) is 5. The van der Waals surface area contributed by atoms with Gasteiger partial charge in [0, 0.05) is 12.2 Å². The lowest BCUT2D eigenvalue weighted by Gasteiger charge is -2.08. The number of anilines is 2. The van der Waals surface area contributed by atoms with Gasteiger partial charge in [-0.25, -0.2) is 0 Å². The Kier molecular flexibility index (Phi) is 5.99. The van der Waals surface area contributed by atoms with Gasteiger partial charge in [0.25, 0.3) is 5.91 Å². The van der Waals surface area contributed by atoms with Gasteiger partial charge >= 0.3 is 0 Å². The fourth-order valence-electron chi connectivity index (χ4n) is 2.50. The number of aryl methyl sites for hydroxylation is 1. The SMILES string of the molecule is CCc1ccc(NC(=O)c2ccc(NCc3ccc(OC)cc3)nn2)cc1. The van der Waals surface area contributed by atoms with E-state index in [2.05, 4.69) is 27.8 Å². The van der Waals surface area contributed by atoms with Crippen molar-refractivity contribution in [3.8, 4) is 5.75 Å². The monoisotopic (exact) mass is 362 g/mol. The number of nitrogens with zero attached hydrogens (tertiary/aromatic N) is 2. The lowest BCUT2D eigenvalue weighted by Crippen LogP contribution is -2.15. The zero-order valence-electron chi connectivity index (χ0n) is 15.4. The molecule has 0 aliphatic heterocycles. The number of amides is 1. The third-order valence-corrected chi connectivity index (χ3v) is 4.15. The largest absolute Gasteiger partial charge is 0.497 e. The molecule has 1 heterocycles. The first-order chi connectivity index (χ1) is 13.2. The maximum atomic E-state index is 12.3. The molecule has 0 aliphatic rings. The Balaban J connectivity index is 1.56. The van der Waals surface area contributed by atoms with Crippen LogP contribution < -0.4 is 15.4 Å². The van der Waals surface area contributed by atoms with Gasteiger partial charge in [-0.15, -0.1) is 10.2 Å². The molecular formula is C21H22N4O2. The molecule has 1 amide bonds. The summed E-state index contributed by atoms with van der Waals surface area (Å²) in [6, 6.07) is 18.9. The van der Waals surface area contributed by atoms with Crippen LogP contribution in [0.2, 0.25) is 0 Å². The first kappa shape index (κ1) is 18.4. The van der Waals surface area contributed by atoms with Gasteiger partial charge in [0.1, 0.15) is 11.6 Å². The van der Waals surface area contributed by atoms with E-state index < -0.39 is 0 Å². The smallest absolute Gasteiger partial charge is 0.276 e. The van der Waals surface area contributed by atoms with E-state index >= 15 is 0 Å². The molecule has 0 unspecified atom stereocenters. The quantitative estimate of drug-likeness (QED) is 0.666. The summed E-state index contributed by atoms with van der Waals surface area (Å²) in [5.41, 5.74) is 3.32. The third kappa shape index (κ3) is 5.04. The zero-order valence-corrected chi connectivity index (χ0v) is 15.4. The van der Waals surface area contributed by atoms with Crippen molar-refractivity contribution in [2.45, 2.75) is 19.9 Å². The van der Waals surface area contributed by atoms with Crippen LogP contribution in [0.5, 0.6) is 5.75 Å². The van der Waals surface area contributed by atoms with E-state index in [4.69, 9.17) is 4.74 Å². The van der Waals surface area contributed by atoms with Crippen molar-refractivity contribution in [2.24, 2.45) is 0 Å². The first-order valence-electron chi connectivity index (χ1n) is 8.78. The number of benzene rings is 2. The predicted molar refractivity (Wildman–Crippen MR) is 106 cm³/mol. The molecule has 138 valence electrons. The van der Waals surface area contributed by atoms with Gasteiger partial charge < -0.3 is 15.4 Å². The predicted octanol–water partition coefficient (Wildman–Crippen LogP) is 3.91. The van der Waals surface area contributed by atoms with Crippen LogP contribution in [0.25, 0.3) is 0 Å². The molecule has 3 aromatic rings. The molecule has 27 heavy (non-hydrogen) atoms. The van der Waals surface area contributed by atoms with E-state index in [1.165, 1.54) is 5.56 Å². The van der Waals surface area contributed by atoms with E-state index in [1.54, 1.807) is 19.2 Å². The molecule has 6 nitrogen and oxygen atoms in total. The van der Waals surface area contributed by atoms with Crippen molar-refractivity contribution >= 4 is 17.4 Å². The summed E-state index contributed by atoms with van der Waals surface area (Å²) in [5, 5.41) is 14.1. The number of hydrogen-bond donors (Lipinski definition) is 2. The summed E-state index contributed by atoms with van der Waals surface area (Å²) >= 11 is 0. The summed E-state index contributed by atoms with van der Waals surface area (Å²) in [4.78, 5) is 12.3. The number of methoxy groups -OCH3 is 1. The number of ether oxygens (including phenoxy) is 1. The second-order valence-corrected chi connectivity index (χ2v) is 6.01. The molecule has 0 radical (unpaired) electrons. The molecule has 2 N–H and O–H groups in total. The minimum absolute atomic E-state index is 0.268. The minimum Gasteiger partial charge on any atom is -0.497 e. The van der Waals surface area contributed by atoms with Crippen molar-refractivity contribution < 1.29 is 9.53 Å². The average molecular weight is 362 g/mol. The molecule has 0 saturated heterocycles. The van der Waals surface area contributed by atoms with E-state index in [1.807, 2.05) is 48.5 Å². The Morgan fingerprint density at radius 2 is 1.63 bits per heavy atom. The molecule has 1 aromatic heterocycles. The molecule has 0 saturated carbocycles. The molecule has 0 spiro atoms. The number of rotatable bonds is 7. The minimum atomic E-state index is -0.284. The molecule has 3 rings (SSSR count). The third-order valence-electron chi connectivity index (χ3n) is 4.15. The van der Waals surface area contributed by atoms with Crippen LogP contribution in [0.15, 0.2) is 60.7 Å². The topological polar surface area (TPSA) is 76.1 Å². The number of nitrogens with one attached hydrogen (secondary N) is 2. The van der Waals surface area contributed by atoms with E-state index in [-0.39, 0.29) is 11.6 Å². The van der Waals surface area contributed by atoms with Crippen molar-refractivity contribution in [2.75, 3.05) is 17.7 Å². The van der Waals surface area contributed by atoms with Crippen LogP contribution in [-0.4, -0.2) is 23.2 Å². The molecule has 2 aromatic carbocycles. The highest BCUT2D eigenvalue weighted by Crippen LogP contribution is 2.14. The first-order valence-corrected chi connectivity index (χ1v) is 8.78. The maximum Gasteiger partial charge on any atom is 0.276 e. The second kappa shape index (κ2) is 8.80. The summed E-state index contributed by atoms with van der Waals surface area (Å²) in [5.74, 6) is 1.14. The molecule has 0 atom stereocenters.